The number of pyridine rings is 1. The van der Waals surface area contributed by atoms with E-state index in [1.807, 2.05) is 0 Å². The molecule has 0 amide bonds. The lowest BCUT2D eigenvalue weighted by molar-refractivity contribution is -0.137. The van der Waals surface area contributed by atoms with E-state index in [4.69, 9.17) is 10.0 Å². The average Bonchev–Trinajstić information content (AvgIpc) is 2.45. The minimum absolute atomic E-state index is 0.386. The summed E-state index contributed by atoms with van der Waals surface area (Å²) in [6.07, 6.45) is -3.56. The second kappa shape index (κ2) is 6.51. The molecule has 8 heteroatoms. The van der Waals surface area contributed by atoms with Crippen LogP contribution in [0.4, 0.5) is 13.2 Å². The largest absolute Gasteiger partial charge is 0.488 e. The second-order valence-electron chi connectivity index (χ2n) is 4.29. The molecule has 1 aromatic heterocycles. The van der Waals surface area contributed by atoms with Gasteiger partial charge in [0.1, 0.15) is 0 Å². The fraction of sp³-hybridized carbons (Fsp3) is 0.154. The minimum Gasteiger partial charge on any atom is -0.423 e. The molecule has 0 saturated heterocycles. The van der Waals surface area contributed by atoms with E-state index in [1.54, 1.807) is 24.3 Å². The van der Waals surface area contributed by atoms with Gasteiger partial charge in [-0.05, 0) is 23.2 Å². The van der Waals surface area contributed by atoms with Gasteiger partial charge in [0.2, 0.25) is 0 Å². The van der Waals surface area contributed by atoms with Crippen LogP contribution in [0.1, 0.15) is 11.1 Å². The van der Waals surface area contributed by atoms with Crippen molar-refractivity contribution in [2.45, 2.75) is 17.0 Å². The quantitative estimate of drug-likeness (QED) is 0.670. The first-order valence-electron chi connectivity index (χ1n) is 5.97. The Kier molecular flexibility index (Phi) is 4.92. The summed E-state index contributed by atoms with van der Waals surface area (Å²) in [5.41, 5.74) is 0.524. The van der Waals surface area contributed by atoms with Crippen LogP contribution in [0.5, 0.6) is 0 Å². The maximum atomic E-state index is 12.4. The van der Waals surface area contributed by atoms with Gasteiger partial charge in [-0.15, -0.1) is 11.8 Å². The molecular weight excluding hydrogens is 302 g/mol. The van der Waals surface area contributed by atoms with Crippen LogP contribution in [0, 0.1) is 0 Å². The Morgan fingerprint density at radius 3 is 2.19 bits per heavy atom. The number of hydrogen-bond acceptors (Lipinski definition) is 4. The number of halogens is 3. The highest BCUT2D eigenvalue weighted by atomic mass is 32.2. The number of alkyl halides is 3. The molecule has 0 atom stereocenters. The zero-order valence-corrected chi connectivity index (χ0v) is 11.5. The predicted molar refractivity (Wildman–Crippen MR) is 75.1 cm³/mol. The Balaban J connectivity index is 1.96. The smallest absolute Gasteiger partial charge is 0.423 e. The van der Waals surface area contributed by atoms with Crippen LogP contribution in [0.15, 0.2) is 47.6 Å². The molecule has 110 valence electrons. The molecular formula is C13H11BF3NO2S. The Morgan fingerprint density at radius 1 is 1.05 bits per heavy atom. The lowest BCUT2D eigenvalue weighted by Gasteiger charge is -2.07. The van der Waals surface area contributed by atoms with Crippen LogP contribution in [0.2, 0.25) is 0 Å². The predicted octanol–water partition coefficient (Wildman–Crippen LogP) is 2.07. The van der Waals surface area contributed by atoms with Crippen LogP contribution in [0.25, 0.3) is 0 Å². The van der Waals surface area contributed by atoms with Crippen molar-refractivity contribution in [2.24, 2.45) is 0 Å². The van der Waals surface area contributed by atoms with Gasteiger partial charge in [0.05, 0.1) is 10.6 Å². The van der Waals surface area contributed by atoms with E-state index in [2.05, 4.69) is 4.98 Å². The molecule has 1 heterocycles. The summed E-state index contributed by atoms with van der Waals surface area (Å²) >= 11 is 1.30. The summed E-state index contributed by atoms with van der Waals surface area (Å²) in [5.74, 6) is 0.528. The van der Waals surface area contributed by atoms with E-state index >= 15 is 0 Å². The fourth-order valence-electron chi connectivity index (χ4n) is 1.58. The maximum absolute atomic E-state index is 12.4. The number of thioether (sulfide) groups is 1. The highest BCUT2D eigenvalue weighted by Crippen LogP contribution is 2.30. The molecule has 2 rings (SSSR count). The SMILES string of the molecule is OB(O)c1ccc(CSc2ccc(C(F)(F)F)cn2)cc1. The molecule has 0 fully saturated rings. The van der Waals surface area contributed by atoms with Crippen LogP contribution in [-0.4, -0.2) is 22.2 Å². The maximum Gasteiger partial charge on any atom is 0.488 e. The van der Waals surface area contributed by atoms with Gasteiger partial charge in [-0.3, -0.25) is 0 Å². The number of nitrogens with zero attached hydrogens (tertiary/aromatic N) is 1. The van der Waals surface area contributed by atoms with Crippen LogP contribution in [-0.2, 0) is 11.9 Å². The molecule has 2 aromatic rings. The molecule has 0 aliphatic heterocycles. The van der Waals surface area contributed by atoms with Gasteiger partial charge < -0.3 is 10.0 Å². The van der Waals surface area contributed by atoms with Crippen molar-refractivity contribution in [3.05, 3.63) is 53.7 Å². The average molecular weight is 313 g/mol. The van der Waals surface area contributed by atoms with Crippen LogP contribution >= 0.6 is 11.8 Å². The van der Waals surface area contributed by atoms with Crippen molar-refractivity contribution in [3.8, 4) is 0 Å². The van der Waals surface area contributed by atoms with Crippen molar-refractivity contribution in [1.82, 2.24) is 4.98 Å². The van der Waals surface area contributed by atoms with Crippen LogP contribution in [0.3, 0.4) is 0 Å². The summed E-state index contributed by atoms with van der Waals surface area (Å²) < 4.78 is 37.2. The molecule has 3 nitrogen and oxygen atoms in total. The van der Waals surface area contributed by atoms with Gasteiger partial charge >= 0.3 is 13.3 Å². The van der Waals surface area contributed by atoms with Crippen molar-refractivity contribution in [1.29, 1.82) is 0 Å². The standard InChI is InChI=1S/C13H11BF3NO2S/c15-13(16,17)10-3-6-12(18-7-10)21-8-9-1-4-11(5-2-9)14(19)20/h1-7,19-20H,8H2. The number of hydrogen-bond donors (Lipinski definition) is 2. The van der Waals surface area contributed by atoms with E-state index in [-0.39, 0.29) is 0 Å². The normalized spacial score (nSPS) is 11.5. The zero-order valence-electron chi connectivity index (χ0n) is 10.7. The number of aromatic nitrogens is 1. The third-order valence-corrected chi connectivity index (χ3v) is 3.74. The molecule has 0 saturated carbocycles. The first kappa shape index (κ1) is 15.9. The van der Waals surface area contributed by atoms with E-state index in [9.17, 15) is 13.2 Å². The summed E-state index contributed by atoms with van der Waals surface area (Å²) in [5, 5.41) is 18.4. The Bertz CT molecular complexity index is 588. The van der Waals surface area contributed by atoms with Gasteiger partial charge in [-0.25, -0.2) is 4.98 Å². The lowest BCUT2D eigenvalue weighted by Crippen LogP contribution is -2.29. The van der Waals surface area contributed by atoms with Gasteiger partial charge in [-0.2, -0.15) is 13.2 Å². The van der Waals surface area contributed by atoms with E-state index in [0.29, 0.717) is 16.2 Å². The Hall–Kier alpha value is -1.51. The summed E-state index contributed by atoms with van der Waals surface area (Å²) in [7, 11) is -1.51. The molecule has 1 aromatic carbocycles. The van der Waals surface area contributed by atoms with E-state index in [0.717, 1.165) is 17.8 Å². The highest BCUT2D eigenvalue weighted by molar-refractivity contribution is 7.98. The molecule has 0 aliphatic rings. The van der Waals surface area contributed by atoms with E-state index < -0.39 is 18.9 Å². The second-order valence-corrected chi connectivity index (χ2v) is 5.28. The summed E-state index contributed by atoms with van der Waals surface area (Å²) in [4.78, 5) is 3.77. The first-order valence-corrected chi connectivity index (χ1v) is 6.96. The van der Waals surface area contributed by atoms with Gasteiger partial charge in [0, 0.05) is 11.9 Å². The van der Waals surface area contributed by atoms with Crippen LogP contribution < -0.4 is 5.46 Å². The molecule has 2 N–H and O–H groups in total. The third kappa shape index (κ3) is 4.49. The first-order chi connectivity index (χ1) is 9.86. The summed E-state index contributed by atoms with van der Waals surface area (Å²) in [6.45, 7) is 0. The van der Waals surface area contributed by atoms with Gasteiger partial charge in [0.25, 0.3) is 0 Å². The number of rotatable bonds is 4. The molecule has 0 radical (unpaired) electrons. The molecule has 0 aliphatic carbocycles. The Labute approximate surface area is 124 Å². The molecule has 0 spiro atoms. The van der Waals surface area contributed by atoms with Crippen molar-refractivity contribution >= 4 is 24.3 Å². The minimum atomic E-state index is -4.38. The third-order valence-electron chi connectivity index (χ3n) is 2.73. The van der Waals surface area contributed by atoms with Crippen molar-refractivity contribution in [2.75, 3.05) is 0 Å². The van der Waals surface area contributed by atoms with Crippen molar-refractivity contribution < 1.29 is 23.2 Å². The highest BCUT2D eigenvalue weighted by Gasteiger charge is 2.30. The topological polar surface area (TPSA) is 53.4 Å². The number of benzene rings is 1. The summed E-state index contributed by atoms with van der Waals surface area (Å²) in [6, 6.07) is 8.96. The van der Waals surface area contributed by atoms with Crippen molar-refractivity contribution in [3.63, 3.8) is 0 Å². The molecule has 21 heavy (non-hydrogen) atoms. The molecule has 0 bridgehead atoms. The molecule has 0 unspecified atom stereocenters. The fourth-order valence-corrected chi connectivity index (χ4v) is 2.38. The van der Waals surface area contributed by atoms with Gasteiger partial charge in [-0.1, -0.05) is 24.3 Å². The lowest BCUT2D eigenvalue weighted by atomic mass is 9.80. The van der Waals surface area contributed by atoms with E-state index in [1.165, 1.54) is 17.8 Å². The Morgan fingerprint density at radius 2 is 1.71 bits per heavy atom. The zero-order chi connectivity index (χ0) is 15.5. The monoisotopic (exact) mass is 313 g/mol. The van der Waals surface area contributed by atoms with Gasteiger partial charge in [0.15, 0.2) is 0 Å².